The highest BCUT2D eigenvalue weighted by molar-refractivity contribution is 7.91. The zero-order valence-corrected chi connectivity index (χ0v) is 21.2. The first-order valence-corrected chi connectivity index (χ1v) is 13.6. The molecule has 6 nitrogen and oxygen atoms in total. The second-order valence-corrected chi connectivity index (χ2v) is 11.9. The van der Waals surface area contributed by atoms with E-state index in [1.807, 2.05) is 48.5 Å². The summed E-state index contributed by atoms with van der Waals surface area (Å²) in [5.74, 6) is 1.49. The fraction of sp³-hybridized carbons (Fsp3) is 0.320. The van der Waals surface area contributed by atoms with Gasteiger partial charge in [-0.05, 0) is 66.8 Å². The van der Waals surface area contributed by atoms with Crippen molar-refractivity contribution in [2.24, 2.45) is 0 Å². The molecular formula is C25H26ClNO5S2. The number of hydrogen-bond donors (Lipinski definition) is 0. The van der Waals surface area contributed by atoms with Crippen molar-refractivity contribution in [1.29, 1.82) is 0 Å². The number of carbonyl (C=O) groups excluding carboxylic acids is 1. The van der Waals surface area contributed by atoms with Gasteiger partial charge in [-0.25, -0.2) is 8.42 Å². The quantitative estimate of drug-likeness (QED) is 0.361. The van der Waals surface area contributed by atoms with Crippen LogP contribution in [0.1, 0.15) is 30.4 Å². The number of nitrogens with zero attached hydrogens (tertiary/aromatic N) is 1. The van der Waals surface area contributed by atoms with Gasteiger partial charge in [-0.15, -0.1) is 11.3 Å². The summed E-state index contributed by atoms with van der Waals surface area (Å²) in [6.07, 6.45) is 2.09. The number of halogens is 1. The van der Waals surface area contributed by atoms with Crippen LogP contribution in [0.25, 0.3) is 0 Å². The van der Waals surface area contributed by atoms with Gasteiger partial charge in [-0.1, -0.05) is 35.9 Å². The van der Waals surface area contributed by atoms with Crippen LogP contribution in [0.3, 0.4) is 0 Å². The second-order valence-electron chi connectivity index (χ2n) is 8.08. The molecule has 0 saturated carbocycles. The zero-order valence-electron chi connectivity index (χ0n) is 18.8. The smallest absolute Gasteiger partial charge is 0.253 e. The number of carbonyl (C=O) groups is 1. The molecule has 0 N–H and O–H groups in total. The van der Waals surface area contributed by atoms with Crippen LogP contribution in [-0.4, -0.2) is 38.2 Å². The Kier molecular flexibility index (Phi) is 7.93. The van der Waals surface area contributed by atoms with E-state index in [0.29, 0.717) is 43.2 Å². The third-order valence-corrected chi connectivity index (χ3v) is 9.44. The Bertz CT molecular complexity index is 1220. The Labute approximate surface area is 209 Å². The van der Waals surface area contributed by atoms with Crippen LogP contribution < -0.4 is 9.47 Å². The molecule has 180 valence electrons. The maximum absolute atomic E-state index is 13.0. The molecule has 3 aromatic rings. The van der Waals surface area contributed by atoms with Crippen molar-refractivity contribution in [1.82, 2.24) is 4.31 Å². The lowest BCUT2D eigenvalue weighted by atomic mass is 10.0. The predicted octanol–water partition coefficient (Wildman–Crippen LogP) is 5.34. The van der Waals surface area contributed by atoms with Crippen molar-refractivity contribution in [3.63, 3.8) is 0 Å². The van der Waals surface area contributed by atoms with Crippen LogP contribution in [0, 0.1) is 0 Å². The minimum atomic E-state index is -3.71. The van der Waals surface area contributed by atoms with E-state index in [9.17, 15) is 13.2 Å². The van der Waals surface area contributed by atoms with Gasteiger partial charge in [0.25, 0.3) is 10.0 Å². The van der Waals surface area contributed by atoms with Gasteiger partial charge in [0.15, 0.2) is 5.78 Å². The van der Waals surface area contributed by atoms with Crippen LogP contribution in [0.4, 0.5) is 0 Å². The van der Waals surface area contributed by atoms with Gasteiger partial charge in [0.05, 0.1) is 17.5 Å². The van der Waals surface area contributed by atoms with E-state index < -0.39 is 16.1 Å². The maximum Gasteiger partial charge on any atom is 0.253 e. The Balaban J connectivity index is 1.30. The number of sulfonamides is 1. The molecule has 0 aliphatic carbocycles. The molecule has 1 aromatic heterocycles. The van der Waals surface area contributed by atoms with Crippen LogP contribution in [0.5, 0.6) is 11.5 Å². The first kappa shape index (κ1) is 24.7. The number of benzene rings is 2. The lowest BCUT2D eigenvalue weighted by Crippen LogP contribution is -2.40. The van der Waals surface area contributed by atoms with Crippen molar-refractivity contribution in [3.05, 3.63) is 76.1 Å². The summed E-state index contributed by atoms with van der Waals surface area (Å²) in [7, 11) is -2.09. The molecule has 0 radical (unpaired) electrons. The zero-order chi connectivity index (χ0) is 24.1. The third kappa shape index (κ3) is 5.81. The number of ketones is 1. The van der Waals surface area contributed by atoms with Gasteiger partial charge in [0.1, 0.15) is 22.3 Å². The molecule has 0 unspecified atom stereocenters. The van der Waals surface area contributed by atoms with E-state index in [2.05, 4.69) is 0 Å². The first-order valence-electron chi connectivity index (χ1n) is 11.0. The summed E-state index contributed by atoms with van der Waals surface area (Å²) in [5, 5.41) is 0. The lowest BCUT2D eigenvalue weighted by Gasteiger charge is -2.22. The highest BCUT2D eigenvalue weighted by Gasteiger charge is 2.39. The molecule has 34 heavy (non-hydrogen) atoms. The fourth-order valence-electron chi connectivity index (χ4n) is 3.98. The van der Waals surface area contributed by atoms with Gasteiger partial charge in [-0.2, -0.15) is 4.31 Å². The Morgan fingerprint density at radius 2 is 1.71 bits per heavy atom. The molecule has 1 saturated heterocycles. The molecule has 2 aromatic carbocycles. The molecule has 1 aliphatic rings. The first-order chi connectivity index (χ1) is 16.4. The number of methoxy groups -OCH3 is 1. The Morgan fingerprint density at radius 3 is 2.35 bits per heavy atom. The van der Waals surface area contributed by atoms with Crippen molar-refractivity contribution >= 4 is 38.7 Å². The molecule has 2 heterocycles. The van der Waals surface area contributed by atoms with Gasteiger partial charge in [-0.3, -0.25) is 4.79 Å². The van der Waals surface area contributed by atoms with E-state index >= 15 is 0 Å². The Hall–Kier alpha value is -2.39. The summed E-state index contributed by atoms with van der Waals surface area (Å²) in [6, 6.07) is 17.8. The van der Waals surface area contributed by atoms with E-state index in [1.54, 1.807) is 13.2 Å². The topological polar surface area (TPSA) is 72.9 Å². The predicted molar refractivity (Wildman–Crippen MR) is 133 cm³/mol. The third-order valence-electron chi connectivity index (χ3n) is 5.83. The summed E-state index contributed by atoms with van der Waals surface area (Å²) >= 11 is 6.94. The van der Waals surface area contributed by atoms with Crippen molar-refractivity contribution in [2.45, 2.75) is 42.5 Å². The van der Waals surface area contributed by atoms with Gasteiger partial charge in [0.2, 0.25) is 0 Å². The molecule has 9 heteroatoms. The van der Waals surface area contributed by atoms with E-state index in [0.717, 1.165) is 34.0 Å². The van der Waals surface area contributed by atoms with E-state index in [-0.39, 0.29) is 9.99 Å². The lowest BCUT2D eigenvalue weighted by molar-refractivity contribution is -0.122. The van der Waals surface area contributed by atoms with Crippen LogP contribution in [0.15, 0.2) is 64.9 Å². The number of thiophene rings is 1. The number of Topliss-reactive ketones (excluding diaryl/α,β-unsaturated/α-hetero) is 1. The minimum Gasteiger partial charge on any atom is -0.497 e. The normalized spacial score (nSPS) is 16.5. The maximum atomic E-state index is 13.0. The molecule has 1 fully saturated rings. The molecule has 0 amide bonds. The molecule has 0 spiro atoms. The van der Waals surface area contributed by atoms with Gasteiger partial charge in [0, 0.05) is 13.0 Å². The van der Waals surface area contributed by atoms with Crippen molar-refractivity contribution in [2.75, 3.05) is 13.7 Å². The molecule has 4 rings (SSSR count). The minimum absolute atomic E-state index is 0.0457. The standard InChI is InChI=1S/C25H26ClNO5S2/c1-31-20-9-11-21(12-10-20)32-17-19-6-4-18(5-7-19)8-13-23(28)22-3-2-16-27(22)34(29,30)25-15-14-24(26)33-25/h4-7,9-12,14-15,22H,2-3,8,13,16-17H2,1H3/t22-/m0/s1. The number of aryl methyl sites for hydroxylation is 1. The highest BCUT2D eigenvalue weighted by atomic mass is 35.5. The summed E-state index contributed by atoms with van der Waals surface area (Å²) in [4.78, 5) is 12.9. The summed E-state index contributed by atoms with van der Waals surface area (Å²) < 4.78 is 38.8. The van der Waals surface area contributed by atoms with E-state index in [4.69, 9.17) is 21.1 Å². The van der Waals surface area contributed by atoms with Gasteiger partial charge >= 0.3 is 0 Å². The fourth-order valence-corrected chi connectivity index (χ4v) is 7.27. The molecule has 1 aliphatic heterocycles. The Morgan fingerprint density at radius 1 is 1.03 bits per heavy atom. The molecule has 0 bridgehead atoms. The van der Waals surface area contributed by atoms with Crippen LogP contribution >= 0.6 is 22.9 Å². The largest absolute Gasteiger partial charge is 0.497 e. The number of ether oxygens (including phenoxy) is 2. The molecular weight excluding hydrogens is 494 g/mol. The van der Waals surface area contributed by atoms with E-state index in [1.165, 1.54) is 10.4 Å². The summed E-state index contributed by atoms with van der Waals surface area (Å²) in [5.41, 5.74) is 2.05. The number of rotatable bonds is 10. The van der Waals surface area contributed by atoms with Crippen LogP contribution in [-0.2, 0) is 27.8 Å². The van der Waals surface area contributed by atoms with Crippen molar-refractivity contribution in [3.8, 4) is 11.5 Å². The summed E-state index contributed by atoms with van der Waals surface area (Å²) in [6.45, 7) is 0.796. The van der Waals surface area contributed by atoms with Crippen LogP contribution in [0.2, 0.25) is 4.34 Å². The average Bonchev–Trinajstić information content (AvgIpc) is 3.52. The number of hydrogen-bond acceptors (Lipinski definition) is 6. The van der Waals surface area contributed by atoms with Crippen molar-refractivity contribution < 1.29 is 22.7 Å². The SMILES string of the molecule is COc1ccc(OCc2ccc(CCC(=O)[C@@H]3CCCN3S(=O)(=O)c3ccc(Cl)s3)cc2)cc1. The van der Waals surface area contributed by atoms with Gasteiger partial charge < -0.3 is 9.47 Å². The average molecular weight is 520 g/mol. The highest BCUT2D eigenvalue weighted by Crippen LogP contribution is 2.33. The molecule has 1 atom stereocenters. The second kappa shape index (κ2) is 10.9. The monoisotopic (exact) mass is 519 g/mol.